The smallest absolute Gasteiger partial charge is 0.127 e. The Balaban J connectivity index is 1.82. The monoisotopic (exact) mass is 236 g/mol. The van der Waals surface area contributed by atoms with E-state index < -0.39 is 0 Å². The number of benzene rings is 1. The number of rotatable bonds is 4. The van der Waals surface area contributed by atoms with Gasteiger partial charge in [-0.25, -0.2) is 4.39 Å². The first-order valence-electron chi connectivity index (χ1n) is 6.37. The van der Waals surface area contributed by atoms with Gasteiger partial charge in [0.15, 0.2) is 0 Å². The van der Waals surface area contributed by atoms with E-state index in [1.807, 2.05) is 12.1 Å². The lowest BCUT2D eigenvalue weighted by Crippen LogP contribution is -2.34. The van der Waals surface area contributed by atoms with Crippen LogP contribution in [-0.2, 0) is 6.54 Å². The summed E-state index contributed by atoms with van der Waals surface area (Å²) in [6, 6.07) is 8.08. The molecular formula is C14H21FN2. The summed E-state index contributed by atoms with van der Waals surface area (Å²) in [7, 11) is 0. The van der Waals surface area contributed by atoms with Gasteiger partial charge in [0.2, 0.25) is 0 Å². The van der Waals surface area contributed by atoms with E-state index in [4.69, 9.17) is 0 Å². The first-order chi connectivity index (χ1) is 8.16. The van der Waals surface area contributed by atoms with Crippen LogP contribution in [0.4, 0.5) is 4.39 Å². The van der Waals surface area contributed by atoms with Crippen LogP contribution >= 0.6 is 0 Å². The average molecular weight is 236 g/mol. The van der Waals surface area contributed by atoms with Gasteiger partial charge in [0.05, 0.1) is 0 Å². The molecule has 1 aliphatic rings. The minimum absolute atomic E-state index is 0.112. The zero-order valence-electron chi connectivity index (χ0n) is 10.6. The Kier molecular flexibility index (Phi) is 4.13. The third-order valence-electron chi connectivity index (χ3n) is 3.49. The van der Waals surface area contributed by atoms with E-state index in [0.29, 0.717) is 18.6 Å². The van der Waals surface area contributed by atoms with E-state index in [1.54, 1.807) is 6.07 Å². The summed E-state index contributed by atoms with van der Waals surface area (Å²) in [5.41, 5.74) is 0.760. The van der Waals surface area contributed by atoms with Crippen LogP contribution in [0.15, 0.2) is 24.3 Å². The van der Waals surface area contributed by atoms with Crippen molar-refractivity contribution in [3.05, 3.63) is 35.6 Å². The number of halogens is 1. The lowest BCUT2D eigenvalue weighted by Gasteiger charge is -2.20. The fourth-order valence-corrected chi connectivity index (χ4v) is 2.32. The Morgan fingerprint density at radius 3 is 2.82 bits per heavy atom. The predicted molar refractivity (Wildman–Crippen MR) is 68.4 cm³/mol. The van der Waals surface area contributed by atoms with Gasteiger partial charge in [-0.05, 0) is 32.9 Å². The highest BCUT2D eigenvalue weighted by Crippen LogP contribution is 2.13. The summed E-state index contributed by atoms with van der Waals surface area (Å²) in [5.74, 6) is -0.112. The van der Waals surface area contributed by atoms with E-state index in [9.17, 15) is 4.39 Å². The zero-order valence-corrected chi connectivity index (χ0v) is 10.6. The highest BCUT2D eigenvalue weighted by Gasteiger charge is 2.23. The van der Waals surface area contributed by atoms with Gasteiger partial charge < -0.3 is 5.32 Å². The SMILES string of the molecule is CC(C)N1CCC(NCc2ccccc2F)C1. The average Bonchev–Trinajstić information content (AvgIpc) is 2.77. The Morgan fingerprint density at radius 2 is 2.18 bits per heavy atom. The summed E-state index contributed by atoms with van der Waals surface area (Å²) in [5, 5.41) is 3.44. The van der Waals surface area contributed by atoms with Crippen molar-refractivity contribution < 1.29 is 4.39 Å². The molecule has 0 aliphatic carbocycles. The second-order valence-corrected chi connectivity index (χ2v) is 5.05. The largest absolute Gasteiger partial charge is 0.308 e. The van der Waals surface area contributed by atoms with E-state index >= 15 is 0 Å². The molecule has 0 spiro atoms. The molecule has 1 saturated heterocycles. The normalized spacial score (nSPS) is 21.3. The zero-order chi connectivity index (χ0) is 12.3. The van der Waals surface area contributed by atoms with Gasteiger partial charge >= 0.3 is 0 Å². The van der Waals surface area contributed by atoms with E-state index in [1.165, 1.54) is 6.07 Å². The fraction of sp³-hybridized carbons (Fsp3) is 0.571. The summed E-state index contributed by atoms with van der Waals surface area (Å²) in [4.78, 5) is 2.46. The highest BCUT2D eigenvalue weighted by molar-refractivity contribution is 5.17. The molecule has 1 aromatic carbocycles. The molecule has 1 atom stereocenters. The van der Waals surface area contributed by atoms with Crippen LogP contribution in [0.25, 0.3) is 0 Å². The van der Waals surface area contributed by atoms with Crippen molar-refractivity contribution in [2.75, 3.05) is 13.1 Å². The quantitative estimate of drug-likeness (QED) is 0.863. The van der Waals surface area contributed by atoms with Crippen LogP contribution in [0.3, 0.4) is 0 Å². The van der Waals surface area contributed by atoms with Gasteiger partial charge in [0.25, 0.3) is 0 Å². The highest BCUT2D eigenvalue weighted by atomic mass is 19.1. The molecule has 1 aromatic rings. The Labute approximate surface area is 103 Å². The number of likely N-dealkylation sites (tertiary alicyclic amines) is 1. The summed E-state index contributed by atoms with van der Waals surface area (Å²) < 4.78 is 13.4. The lowest BCUT2D eigenvalue weighted by molar-refractivity contribution is 0.268. The minimum Gasteiger partial charge on any atom is -0.308 e. The molecule has 3 heteroatoms. The predicted octanol–water partition coefficient (Wildman–Crippen LogP) is 2.40. The molecule has 0 aromatic heterocycles. The van der Waals surface area contributed by atoms with Crippen LogP contribution < -0.4 is 5.32 Å². The van der Waals surface area contributed by atoms with Crippen LogP contribution in [0, 0.1) is 5.82 Å². The molecule has 94 valence electrons. The standard InChI is InChI=1S/C14H21FN2/c1-11(2)17-8-7-13(10-17)16-9-12-5-3-4-6-14(12)15/h3-6,11,13,16H,7-10H2,1-2H3. The Bertz CT molecular complexity index is 365. The van der Waals surface area contributed by atoms with Gasteiger partial charge in [-0.15, -0.1) is 0 Å². The van der Waals surface area contributed by atoms with E-state index in [-0.39, 0.29) is 5.82 Å². The van der Waals surface area contributed by atoms with Crippen molar-refractivity contribution in [2.45, 2.75) is 38.9 Å². The molecule has 0 bridgehead atoms. The molecule has 2 nitrogen and oxygen atoms in total. The van der Waals surface area contributed by atoms with Crippen LogP contribution in [-0.4, -0.2) is 30.1 Å². The summed E-state index contributed by atoms with van der Waals surface area (Å²) >= 11 is 0. The van der Waals surface area contributed by atoms with Gasteiger partial charge in [-0.1, -0.05) is 18.2 Å². The molecule has 1 unspecified atom stereocenters. The number of hydrogen-bond acceptors (Lipinski definition) is 2. The first kappa shape index (κ1) is 12.5. The van der Waals surface area contributed by atoms with Gasteiger partial charge in [0, 0.05) is 30.7 Å². The van der Waals surface area contributed by atoms with Gasteiger partial charge in [-0.2, -0.15) is 0 Å². The van der Waals surface area contributed by atoms with E-state index in [0.717, 1.165) is 25.1 Å². The van der Waals surface area contributed by atoms with Crippen LogP contribution in [0.1, 0.15) is 25.8 Å². The molecule has 1 aliphatic heterocycles. The Hall–Kier alpha value is -0.930. The number of nitrogens with one attached hydrogen (secondary N) is 1. The first-order valence-corrected chi connectivity index (χ1v) is 6.37. The second-order valence-electron chi connectivity index (χ2n) is 5.05. The fourth-order valence-electron chi connectivity index (χ4n) is 2.32. The number of nitrogens with zero attached hydrogens (tertiary/aromatic N) is 1. The Morgan fingerprint density at radius 1 is 1.41 bits per heavy atom. The van der Waals surface area contributed by atoms with Crippen LogP contribution in [0.5, 0.6) is 0 Å². The maximum Gasteiger partial charge on any atom is 0.127 e. The van der Waals surface area contributed by atoms with Gasteiger partial charge in [0.1, 0.15) is 5.82 Å². The van der Waals surface area contributed by atoms with Crippen molar-refractivity contribution in [3.63, 3.8) is 0 Å². The second kappa shape index (κ2) is 5.61. The number of hydrogen-bond donors (Lipinski definition) is 1. The topological polar surface area (TPSA) is 15.3 Å². The van der Waals surface area contributed by atoms with Crippen molar-refractivity contribution in [2.24, 2.45) is 0 Å². The summed E-state index contributed by atoms with van der Waals surface area (Å²) in [6.07, 6.45) is 1.16. The molecule has 1 heterocycles. The van der Waals surface area contributed by atoms with Crippen molar-refractivity contribution >= 4 is 0 Å². The van der Waals surface area contributed by atoms with E-state index in [2.05, 4.69) is 24.1 Å². The molecule has 2 rings (SSSR count). The third-order valence-corrected chi connectivity index (χ3v) is 3.49. The van der Waals surface area contributed by atoms with Crippen molar-refractivity contribution in [1.29, 1.82) is 0 Å². The summed E-state index contributed by atoms with van der Waals surface area (Å²) in [6.45, 7) is 7.29. The molecule has 1 N–H and O–H groups in total. The van der Waals surface area contributed by atoms with Crippen molar-refractivity contribution in [1.82, 2.24) is 10.2 Å². The molecule has 1 fully saturated rings. The molecule has 0 amide bonds. The minimum atomic E-state index is -0.112. The molecule has 0 saturated carbocycles. The third kappa shape index (κ3) is 3.27. The molecular weight excluding hydrogens is 215 g/mol. The molecule has 17 heavy (non-hydrogen) atoms. The van der Waals surface area contributed by atoms with Crippen LogP contribution in [0.2, 0.25) is 0 Å². The van der Waals surface area contributed by atoms with Gasteiger partial charge in [-0.3, -0.25) is 4.90 Å². The lowest BCUT2D eigenvalue weighted by atomic mass is 10.2. The maximum absolute atomic E-state index is 13.4. The van der Waals surface area contributed by atoms with Crippen molar-refractivity contribution in [3.8, 4) is 0 Å². The maximum atomic E-state index is 13.4. The molecule has 0 radical (unpaired) electrons.